The Hall–Kier alpha value is -2.39. The number of nitrogens with one attached hydrogen (secondary N) is 1. The fraction of sp³-hybridized carbons (Fsp3) is 0.318. The number of carbonyl (C=O) groups excluding carboxylic acids is 1. The first-order valence-corrected chi connectivity index (χ1v) is 8.91. The Morgan fingerprint density at radius 3 is 2.00 bits per heavy atom. The molecule has 0 unspecified atom stereocenters. The maximum absolute atomic E-state index is 11.8. The van der Waals surface area contributed by atoms with Gasteiger partial charge in [0.1, 0.15) is 0 Å². The van der Waals surface area contributed by atoms with Crippen molar-refractivity contribution in [3.05, 3.63) is 84.4 Å². The van der Waals surface area contributed by atoms with Gasteiger partial charge < -0.3 is 5.32 Å². The van der Waals surface area contributed by atoms with E-state index in [1.54, 1.807) is 0 Å². The van der Waals surface area contributed by atoms with Gasteiger partial charge in [-0.2, -0.15) is 0 Å². The summed E-state index contributed by atoms with van der Waals surface area (Å²) < 4.78 is 0. The lowest BCUT2D eigenvalue weighted by Gasteiger charge is -2.28. The van der Waals surface area contributed by atoms with E-state index in [1.165, 1.54) is 11.1 Å². The first kappa shape index (κ1) is 18.9. The summed E-state index contributed by atoms with van der Waals surface area (Å²) in [6, 6.07) is 21.0. The molecule has 0 fully saturated rings. The van der Waals surface area contributed by atoms with Gasteiger partial charge in [0.25, 0.3) is 0 Å². The molecule has 1 atom stereocenters. The lowest BCUT2D eigenvalue weighted by atomic mass is 10.1. The van der Waals surface area contributed by atoms with Crippen molar-refractivity contribution >= 4 is 5.91 Å². The summed E-state index contributed by atoms with van der Waals surface area (Å²) in [6.07, 6.45) is 3.15. The van der Waals surface area contributed by atoms with Crippen molar-refractivity contribution < 1.29 is 4.79 Å². The first-order valence-electron chi connectivity index (χ1n) is 8.91. The molecule has 2 aromatic rings. The van der Waals surface area contributed by atoms with E-state index < -0.39 is 0 Å². The predicted octanol–water partition coefficient (Wildman–Crippen LogP) is 4.16. The highest BCUT2D eigenvalue weighted by atomic mass is 16.1. The molecule has 1 N–H and O–H groups in total. The van der Waals surface area contributed by atoms with Crippen LogP contribution in [0.25, 0.3) is 0 Å². The zero-order valence-electron chi connectivity index (χ0n) is 15.0. The van der Waals surface area contributed by atoms with E-state index in [9.17, 15) is 4.79 Å². The molecule has 0 saturated carbocycles. The Morgan fingerprint density at radius 1 is 1.04 bits per heavy atom. The highest BCUT2D eigenvalue weighted by molar-refractivity contribution is 5.75. The molecule has 0 aliphatic heterocycles. The summed E-state index contributed by atoms with van der Waals surface area (Å²) in [4.78, 5) is 14.2. The molecular weight excluding hydrogens is 308 g/mol. The standard InChI is InChI=1S/C22H28N2O/c1-3-11-21(23-22(25)4-2)18-24(16-19-12-7-5-8-13-19)17-20-14-9-6-10-15-20/h3,5-10,12-15,21H,1,4,11,16-18H2,2H3,(H,23,25)/t21-/m1/s1. The lowest BCUT2D eigenvalue weighted by Crippen LogP contribution is -2.43. The molecule has 0 saturated heterocycles. The van der Waals surface area contributed by atoms with Crippen molar-refractivity contribution in [3.63, 3.8) is 0 Å². The van der Waals surface area contributed by atoms with Crippen molar-refractivity contribution in [2.75, 3.05) is 6.54 Å². The van der Waals surface area contributed by atoms with Gasteiger partial charge in [0.05, 0.1) is 0 Å². The zero-order valence-corrected chi connectivity index (χ0v) is 15.0. The van der Waals surface area contributed by atoms with Gasteiger partial charge in [-0.15, -0.1) is 6.58 Å². The number of amides is 1. The minimum Gasteiger partial charge on any atom is -0.352 e. The first-order chi connectivity index (χ1) is 12.2. The molecule has 3 heteroatoms. The summed E-state index contributed by atoms with van der Waals surface area (Å²) in [7, 11) is 0. The van der Waals surface area contributed by atoms with Crippen LogP contribution in [0.3, 0.4) is 0 Å². The topological polar surface area (TPSA) is 32.3 Å². The van der Waals surface area contributed by atoms with Crippen LogP contribution in [0.4, 0.5) is 0 Å². The number of carbonyl (C=O) groups is 1. The molecule has 0 radical (unpaired) electrons. The fourth-order valence-electron chi connectivity index (χ4n) is 2.89. The van der Waals surface area contributed by atoms with E-state index in [1.807, 2.05) is 25.1 Å². The summed E-state index contributed by atoms with van der Waals surface area (Å²) in [5, 5.41) is 3.12. The molecule has 0 heterocycles. The van der Waals surface area contributed by atoms with Gasteiger partial charge >= 0.3 is 0 Å². The Bertz CT molecular complexity index is 598. The normalized spacial score (nSPS) is 11.9. The van der Waals surface area contributed by atoms with Crippen molar-refractivity contribution in [2.24, 2.45) is 0 Å². The summed E-state index contributed by atoms with van der Waals surface area (Å²) in [6.45, 7) is 8.22. The van der Waals surface area contributed by atoms with Gasteiger partial charge in [0.2, 0.25) is 5.91 Å². The van der Waals surface area contributed by atoms with Gasteiger partial charge in [-0.1, -0.05) is 73.7 Å². The number of hydrogen-bond donors (Lipinski definition) is 1. The maximum Gasteiger partial charge on any atom is 0.219 e. The molecule has 0 bridgehead atoms. The van der Waals surface area contributed by atoms with Gasteiger partial charge in [-0.05, 0) is 17.5 Å². The van der Waals surface area contributed by atoms with Crippen molar-refractivity contribution in [1.82, 2.24) is 10.2 Å². The largest absolute Gasteiger partial charge is 0.352 e. The van der Waals surface area contributed by atoms with E-state index in [4.69, 9.17) is 0 Å². The van der Waals surface area contributed by atoms with Crippen LogP contribution in [0.2, 0.25) is 0 Å². The van der Waals surface area contributed by atoms with Crippen molar-refractivity contribution in [3.8, 4) is 0 Å². The van der Waals surface area contributed by atoms with Crippen LogP contribution < -0.4 is 5.32 Å². The molecule has 2 rings (SSSR count). The maximum atomic E-state index is 11.8. The molecular formula is C22H28N2O. The molecule has 0 aliphatic rings. The highest BCUT2D eigenvalue weighted by Crippen LogP contribution is 2.12. The number of nitrogens with zero attached hydrogens (tertiary/aromatic N) is 1. The number of rotatable bonds is 10. The highest BCUT2D eigenvalue weighted by Gasteiger charge is 2.16. The predicted molar refractivity (Wildman–Crippen MR) is 104 cm³/mol. The molecule has 3 nitrogen and oxygen atoms in total. The minimum atomic E-state index is 0.0809. The van der Waals surface area contributed by atoms with Crippen molar-refractivity contribution in [2.45, 2.75) is 38.9 Å². The van der Waals surface area contributed by atoms with Gasteiger partial charge in [0, 0.05) is 32.1 Å². The summed E-state index contributed by atoms with van der Waals surface area (Å²) >= 11 is 0. The second-order valence-electron chi connectivity index (χ2n) is 6.28. The van der Waals surface area contributed by atoms with Crippen LogP contribution in [-0.2, 0) is 17.9 Å². The van der Waals surface area contributed by atoms with E-state index in [2.05, 4.69) is 65.3 Å². The zero-order chi connectivity index (χ0) is 17.9. The van der Waals surface area contributed by atoms with E-state index >= 15 is 0 Å². The Kier molecular flexibility index (Phi) is 7.93. The average Bonchev–Trinajstić information content (AvgIpc) is 2.63. The van der Waals surface area contributed by atoms with Gasteiger partial charge in [0.15, 0.2) is 0 Å². The second kappa shape index (κ2) is 10.5. The molecule has 25 heavy (non-hydrogen) atoms. The van der Waals surface area contributed by atoms with Crippen molar-refractivity contribution in [1.29, 1.82) is 0 Å². The van der Waals surface area contributed by atoms with Crippen LogP contribution in [0, 0.1) is 0 Å². The quantitative estimate of drug-likeness (QED) is 0.661. The van der Waals surface area contributed by atoms with Gasteiger partial charge in [-0.25, -0.2) is 0 Å². The fourth-order valence-corrected chi connectivity index (χ4v) is 2.89. The van der Waals surface area contributed by atoms with E-state index in [0.29, 0.717) is 6.42 Å². The summed E-state index contributed by atoms with van der Waals surface area (Å²) in [5.41, 5.74) is 2.55. The third kappa shape index (κ3) is 6.94. The van der Waals surface area contributed by atoms with Crippen LogP contribution in [0.5, 0.6) is 0 Å². The third-order valence-corrected chi connectivity index (χ3v) is 4.11. The smallest absolute Gasteiger partial charge is 0.219 e. The molecule has 1 amide bonds. The van der Waals surface area contributed by atoms with Crippen LogP contribution in [-0.4, -0.2) is 23.4 Å². The second-order valence-corrected chi connectivity index (χ2v) is 6.28. The summed E-state index contributed by atoms with van der Waals surface area (Å²) in [5.74, 6) is 0.0891. The van der Waals surface area contributed by atoms with E-state index in [-0.39, 0.29) is 11.9 Å². The number of benzene rings is 2. The van der Waals surface area contributed by atoms with Crippen LogP contribution in [0.1, 0.15) is 30.9 Å². The molecule has 2 aromatic carbocycles. The van der Waals surface area contributed by atoms with Crippen LogP contribution in [0.15, 0.2) is 73.3 Å². The average molecular weight is 336 g/mol. The minimum absolute atomic E-state index is 0.0809. The van der Waals surface area contributed by atoms with Crippen LogP contribution >= 0.6 is 0 Å². The van der Waals surface area contributed by atoms with Gasteiger partial charge in [-0.3, -0.25) is 9.69 Å². The lowest BCUT2D eigenvalue weighted by molar-refractivity contribution is -0.121. The molecule has 0 spiro atoms. The molecule has 132 valence electrons. The third-order valence-electron chi connectivity index (χ3n) is 4.11. The van der Waals surface area contributed by atoms with E-state index in [0.717, 1.165) is 26.1 Å². The Morgan fingerprint density at radius 2 is 1.56 bits per heavy atom. The Labute approximate surface area is 151 Å². The SMILES string of the molecule is C=CC[C@H](CN(Cc1ccccc1)Cc1ccccc1)NC(=O)CC. The molecule has 0 aromatic heterocycles. The Balaban J connectivity index is 2.10. The monoisotopic (exact) mass is 336 g/mol. The molecule has 0 aliphatic carbocycles. The number of hydrogen-bond acceptors (Lipinski definition) is 2.